The Morgan fingerprint density at radius 2 is 1.73 bits per heavy atom. The smallest absolute Gasteiger partial charge is 0.302 e. The van der Waals surface area contributed by atoms with Gasteiger partial charge in [-0.3, -0.25) is 9.59 Å². The Labute approximate surface area is 88.9 Å². The minimum atomic E-state index is -0.242. The summed E-state index contributed by atoms with van der Waals surface area (Å²) >= 11 is 0. The van der Waals surface area contributed by atoms with Crippen LogP contribution in [0.2, 0.25) is 0 Å². The normalized spacial score (nSPS) is 37.7. The van der Waals surface area contributed by atoms with Crippen molar-refractivity contribution in [2.24, 2.45) is 11.8 Å². The molecule has 2 aliphatic rings. The van der Waals surface area contributed by atoms with Gasteiger partial charge in [-0.25, -0.2) is 0 Å². The van der Waals surface area contributed by atoms with Crippen LogP contribution in [-0.4, -0.2) is 24.1 Å². The summed E-state index contributed by atoms with van der Waals surface area (Å²) in [5.74, 6) is 0.139. The van der Waals surface area contributed by atoms with Gasteiger partial charge in [0.05, 0.1) is 0 Å². The fraction of sp³-hybridized carbons (Fsp3) is 0.818. The summed E-state index contributed by atoms with van der Waals surface area (Å²) in [5, 5.41) is 0. The fourth-order valence-electron chi connectivity index (χ4n) is 2.93. The van der Waals surface area contributed by atoms with E-state index in [9.17, 15) is 9.59 Å². The number of ether oxygens (including phenoxy) is 2. The highest BCUT2D eigenvalue weighted by molar-refractivity contribution is 5.67. The average molecular weight is 212 g/mol. The van der Waals surface area contributed by atoms with Gasteiger partial charge in [0.1, 0.15) is 12.2 Å². The van der Waals surface area contributed by atoms with Gasteiger partial charge in [0.15, 0.2) is 0 Å². The maximum atomic E-state index is 10.9. The molecule has 84 valence electrons. The van der Waals surface area contributed by atoms with Crippen molar-refractivity contribution < 1.29 is 19.1 Å². The molecule has 4 nitrogen and oxygen atoms in total. The first-order valence-corrected chi connectivity index (χ1v) is 5.42. The molecule has 0 aromatic carbocycles. The molecule has 0 N–H and O–H groups in total. The Morgan fingerprint density at radius 3 is 2.33 bits per heavy atom. The van der Waals surface area contributed by atoms with Crippen molar-refractivity contribution in [1.29, 1.82) is 0 Å². The number of hydrogen-bond acceptors (Lipinski definition) is 4. The highest BCUT2D eigenvalue weighted by Gasteiger charge is 2.51. The summed E-state index contributed by atoms with van der Waals surface area (Å²) in [6, 6.07) is 0. The molecule has 0 aromatic rings. The van der Waals surface area contributed by atoms with E-state index in [-0.39, 0.29) is 30.1 Å². The fourth-order valence-corrected chi connectivity index (χ4v) is 2.93. The van der Waals surface area contributed by atoms with Crippen LogP contribution in [0.4, 0.5) is 0 Å². The third-order valence-corrected chi connectivity index (χ3v) is 3.39. The van der Waals surface area contributed by atoms with E-state index < -0.39 is 0 Å². The van der Waals surface area contributed by atoms with Crippen LogP contribution < -0.4 is 0 Å². The van der Waals surface area contributed by atoms with Gasteiger partial charge >= 0.3 is 11.9 Å². The van der Waals surface area contributed by atoms with Crippen LogP contribution in [0.3, 0.4) is 0 Å². The van der Waals surface area contributed by atoms with Crippen LogP contribution in [0.15, 0.2) is 0 Å². The number of rotatable bonds is 2. The Balaban J connectivity index is 1.99. The second-order valence-electron chi connectivity index (χ2n) is 4.46. The van der Waals surface area contributed by atoms with E-state index in [1.165, 1.54) is 13.8 Å². The summed E-state index contributed by atoms with van der Waals surface area (Å²) < 4.78 is 10.5. The van der Waals surface area contributed by atoms with Crippen LogP contribution in [0.25, 0.3) is 0 Å². The van der Waals surface area contributed by atoms with Gasteiger partial charge in [-0.1, -0.05) is 0 Å². The molecule has 2 bridgehead atoms. The van der Waals surface area contributed by atoms with Gasteiger partial charge in [0, 0.05) is 19.8 Å². The number of fused-ring (bicyclic) bond motifs is 2. The van der Waals surface area contributed by atoms with Crippen LogP contribution >= 0.6 is 0 Å². The predicted molar refractivity (Wildman–Crippen MR) is 51.9 cm³/mol. The van der Waals surface area contributed by atoms with Crippen molar-refractivity contribution in [3.05, 3.63) is 0 Å². The first kappa shape index (κ1) is 10.5. The molecule has 2 rings (SSSR count). The molecule has 0 spiro atoms. The molecule has 0 heterocycles. The van der Waals surface area contributed by atoms with Crippen molar-refractivity contribution in [2.75, 3.05) is 0 Å². The van der Waals surface area contributed by atoms with Crippen molar-refractivity contribution in [1.82, 2.24) is 0 Å². The number of carbonyl (C=O) groups excluding carboxylic acids is 2. The van der Waals surface area contributed by atoms with Crippen LogP contribution in [0.1, 0.15) is 33.1 Å². The summed E-state index contributed by atoms with van der Waals surface area (Å²) in [5.41, 5.74) is 0. The molecule has 0 aliphatic heterocycles. The van der Waals surface area contributed by atoms with Crippen molar-refractivity contribution >= 4 is 11.9 Å². The highest BCUT2D eigenvalue weighted by atomic mass is 16.6. The SMILES string of the molecule is CC(=O)O[C@@H]1[C@H]2CC[C@H]1[C@@H](OC(C)=O)C2. The number of carbonyl (C=O) groups is 2. The highest BCUT2D eigenvalue weighted by Crippen LogP contribution is 2.47. The molecule has 15 heavy (non-hydrogen) atoms. The predicted octanol–water partition coefficient (Wildman–Crippen LogP) is 1.28. The quantitative estimate of drug-likeness (QED) is 0.647. The zero-order valence-corrected chi connectivity index (χ0v) is 9.06. The lowest BCUT2D eigenvalue weighted by molar-refractivity contribution is -0.152. The Kier molecular flexibility index (Phi) is 2.67. The molecule has 0 amide bonds. The molecule has 4 atom stereocenters. The van der Waals surface area contributed by atoms with Gasteiger partial charge in [-0.05, 0) is 25.2 Å². The minimum Gasteiger partial charge on any atom is -0.462 e. The van der Waals surface area contributed by atoms with Gasteiger partial charge in [-0.2, -0.15) is 0 Å². The standard InChI is InChI=1S/C11H16O4/c1-6(12)14-10-5-8-3-4-9(10)11(8)15-7(2)13/h8-11H,3-5H2,1-2H3/t8-,9-,10-,11+/m0/s1. The third-order valence-electron chi connectivity index (χ3n) is 3.39. The molecule has 0 radical (unpaired) electrons. The average Bonchev–Trinajstić information content (AvgIpc) is 2.60. The number of hydrogen-bond donors (Lipinski definition) is 0. The van der Waals surface area contributed by atoms with E-state index in [0.29, 0.717) is 5.92 Å². The number of esters is 2. The van der Waals surface area contributed by atoms with E-state index in [2.05, 4.69) is 0 Å². The summed E-state index contributed by atoms with van der Waals surface area (Å²) in [6.07, 6.45) is 2.88. The molecule has 0 aromatic heterocycles. The first-order valence-electron chi connectivity index (χ1n) is 5.42. The monoisotopic (exact) mass is 212 g/mol. The van der Waals surface area contributed by atoms with E-state index in [1.54, 1.807) is 0 Å². The lowest BCUT2D eigenvalue weighted by Gasteiger charge is -2.21. The van der Waals surface area contributed by atoms with E-state index in [1.807, 2.05) is 0 Å². The van der Waals surface area contributed by atoms with Crippen molar-refractivity contribution in [3.63, 3.8) is 0 Å². The van der Waals surface area contributed by atoms with E-state index >= 15 is 0 Å². The molecular weight excluding hydrogens is 196 g/mol. The maximum Gasteiger partial charge on any atom is 0.302 e. The zero-order valence-electron chi connectivity index (χ0n) is 9.06. The zero-order chi connectivity index (χ0) is 11.0. The van der Waals surface area contributed by atoms with Crippen LogP contribution in [-0.2, 0) is 19.1 Å². The van der Waals surface area contributed by atoms with Gasteiger partial charge in [0.2, 0.25) is 0 Å². The topological polar surface area (TPSA) is 52.6 Å². The molecule has 4 heteroatoms. The Hall–Kier alpha value is -1.06. The van der Waals surface area contributed by atoms with Crippen LogP contribution in [0, 0.1) is 11.8 Å². The molecule has 2 fully saturated rings. The van der Waals surface area contributed by atoms with E-state index in [0.717, 1.165) is 19.3 Å². The molecule has 0 unspecified atom stereocenters. The lowest BCUT2D eigenvalue weighted by atomic mass is 9.98. The first-order chi connectivity index (χ1) is 7.08. The molecular formula is C11H16O4. The van der Waals surface area contributed by atoms with Gasteiger partial charge < -0.3 is 9.47 Å². The summed E-state index contributed by atoms with van der Waals surface area (Å²) in [6.45, 7) is 2.85. The Bertz CT molecular complexity index is 286. The molecule has 2 saturated carbocycles. The van der Waals surface area contributed by atoms with Crippen molar-refractivity contribution in [2.45, 2.75) is 45.3 Å². The summed E-state index contributed by atoms with van der Waals surface area (Å²) in [4.78, 5) is 21.8. The molecule has 2 aliphatic carbocycles. The lowest BCUT2D eigenvalue weighted by Crippen LogP contribution is -2.27. The summed E-state index contributed by atoms with van der Waals surface area (Å²) in [7, 11) is 0. The third kappa shape index (κ3) is 1.98. The second kappa shape index (κ2) is 3.83. The largest absolute Gasteiger partial charge is 0.462 e. The van der Waals surface area contributed by atoms with Crippen molar-refractivity contribution in [3.8, 4) is 0 Å². The minimum absolute atomic E-state index is 0.0214. The van der Waals surface area contributed by atoms with Gasteiger partial charge in [0.25, 0.3) is 0 Å². The second-order valence-corrected chi connectivity index (χ2v) is 4.46. The van der Waals surface area contributed by atoms with E-state index in [4.69, 9.17) is 9.47 Å². The van der Waals surface area contributed by atoms with Crippen LogP contribution in [0.5, 0.6) is 0 Å². The Morgan fingerprint density at radius 1 is 1.07 bits per heavy atom. The van der Waals surface area contributed by atoms with Gasteiger partial charge in [-0.15, -0.1) is 0 Å². The maximum absolute atomic E-state index is 10.9. The molecule has 0 saturated heterocycles.